The Bertz CT molecular complexity index is 2160. The zero-order chi connectivity index (χ0) is 34.7. The molecule has 252 valence electrons. The van der Waals surface area contributed by atoms with Crippen LogP contribution in [0.15, 0.2) is 53.6 Å². The van der Waals surface area contributed by atoms with Gasteiger partial charge in [-0.3, -0.25) is 33.7 Å². The van der Waals surface area contributed by atoms with E-state index in [1.165, 1.54) is 4.57 Å². The highest BCUT2D eigenvalue weighted by atomic mass is 35.5. The lowest BCUT2D eigenvalue weighted by Gasteiger charge is -2.40. The van der Waals surface area contributed by atoms with Gasteiger partial charge in [0.15, 0.2) is 0 Å². The Balaban J connectivity index is 1.00. The van der Waals surface area contributed by atoms with Crippen LogP contribution in [0.5, 0.6) is 0 Å². The minimum absolute atomic E-state index is 0.0667. The predicted octanol–water partition coefficient (Wildman–Crippen LogP) is 4.56. The molecule has 0 bridgehead atoms. The SMILES string of the molecule is Cc1nc2cc(N3CC(C#Cc4cnn(C5(C(=O)Nc6ccc(C(F)(F)F)cc6Cl)CCC5)c4)C3)ccc2c(=O)n1C1CCC(=O)NC1=O. The fraction of sp³-hybridized carbons (Fsp3) is 0.353. The molecule has 2 N–H and O–H groups in total. The Hall–Kier alpha value is -5.16. The van der Waals surface area contributed by atoms with Crippen LogP contribution in [0.2, 0.25) is 5.02 Å². The first-order valence-corrected chi connectivity index (χ1v) is 16.1. The van der Waals surface area contributed by atoms with E-state index in [-0.39, 0.29) is 40.9 Å². The third-order valence-corrected chi connectivity index (χ3v) is 9.73. The molecule has 15 heteroatoms. The maximum atomic E-state index is 13.3. The minimum atomic E-state index is -4.55. The Morgan fingerprint density at radius 2 is 1.90 bits per heavy atom. The van der Waals surface area contributed by atoms with E-state index < -0.39 is 35.1 Å². The zero-order valence-corrected chi connectivity index (χ0v) is 26.9. The Morgan fingerprint density at radius 1 is 1.12 bits per heavy atom. The highest BCUT2D eigenvalue weighted by Gasteiger charge is 2.47. The number of nitrogens with one attached hydrogen (secondary N) is 2. The number of hydrogen-bond donors (Lipinski definition) is 2. The van der Waals surface area contributed by atoms with Crippen LogP contribution in [0, 0.1) is 24.7 Å². The number of carbonyl (C=O) groups is 3. The predicted molar refractivity (Wildman–Crippen MR) is 174 cm³/mol. The van der Waals surface area contributed by atoms with Gasteiger partial charge >= 0.3 is 6.18 Å². The number of benzene rings is 2. The van der Waals surface area contributed by atoms with E-state index in [1.54, 1.807) is 30.1 Å². The van der Waals surface area contributed by atoms with Crippen molar-refractivity contribution in [3.8, 4) is 11.8 Å². The number of imide groups is 1. The molecule has 49 heavy (non-hydrogen) atoms. The largest absolute Gasteiger partial charge is 0.416 e. The molecule has 2 aromatic carbocycles. The van der Waals surface area contributed by atoms with E-state index in [2.05, 4.69) is 37.5 Å². The van der Waals surface area contributed by atoms with E-state index in [1.807, 2.05) is 12.1 Å². The Labute approximate surface area is 282 Å². The van der Waals surface area contributed by atoms with Crippen molar-refractivity contribution in [2.75, 3.05) is 23.3 Å². The highest BCUT2D eigenvalue weighted by molar-refractivity contribution is 6.33. The van der Waals surface area contributed by atoms with Crippen molar-refractivity contribution >= 4 is 51.6 Å². The molecule has 3 aliphatic rings. The maximum absolute atomic E-state index is 13.3. The van der Waals surface area contributed by atoms with Crippen LogP contribution in [0.25, 0.3) is 10.9 Å². The lowest BCUT2D eigenvalue weighted by Crippen LogP contribution is -2.51. The van der Waals surface area contributed by atoms with Crippen LogP contribution < -0.4 is 21.1 Å². The van der Waals surface area contributed by atoms with Gasteiger partial charge in [0, 0.05) is 31.4 Å². The fourth-order valence-electron chi connectivity index (χ4n) is 6.48. The summed E-state index contributed by atoms with van der Waals surface area (Å²) in [5, 5.41) is 9.55. The second-order valence-electron chi connectivity index (χ2n) is 12.6. The number of amides is 3. The second-order valence-corrected chi connectivity index (χ2v) is 13.0. The van der Waals surface area contributed by atoms with Crippen molar-refractivity contribution in [2.24, 2.45) is 5.92 Å². The van der Waals surface area contributed by atoms with Gasteiger partial charge in [0.25, 0.3) is 11.5 Å². The molecule has 0 radical (unpaired) electrons. The standard InChI is InChI=1S/C34H29ClF3N7O4/c1-19-40-27-14-23(6-7-24(27)31(48)45(19)28-9-10-29(46)42-30(28)47)43-16-21(17-43)4-3-20-15-39-44(18-20)33(11-2-12-33)32(49)41-26-8-5-22(13-25(26)35)34(36,37)38/h5-8,13-15,18,21,28H,2,9-12,16-17H2,1H3,(H,41,49)(H,42,46,47). The van der Waals surface area contributed by atoms with Crippen molar-refractivity contribution in [3.63, 3.8) is 0 Å². The first-order valence-electron chi connectivity index (χ1n) is 15.7. The number of fused-ring (bicyclic) bond motifs is 1. The smallest absolute Gasteiger partial charge is 0.369 e. The van der Waals surface area contributed by atoms with Crippen molar-refractivity contribution in [1.82, 2.24) is 24.6 Å². The van der Waals surface area contributed by atoms with Crippen molar-refractivity contribution in [1.29, 1.82) is 0 Å². The molecule has 3 fully saturated rings. The average molecular weight is 692 g/mol. The Kier molecular flexibility index (Phi) is 7.98. The van der Waals surface area contributed by atoms with Gasteiger partial charge in [-0.2, -0.15) is 18.3 Å². The minimum Gasteiger partial charge on any atom is -0.369 e. The molecule has 2 aromatic heterocycles. The molecule has 1 atom stereocenters. The molecular formula is C34H29ClF3N7O4. The summed E-state index contributed by atoms with van der Waals surface area (Å²) >= 11 is 6.06. The summed E-state index contributed by atoms with van der Waals surface area (Å²) in [7, 11) is 0. The summed E-state index contributed by atoms with van der Waals surface area (Å²) in [6, 6.07) is 7.40. The van der Waals surface area contributed by atoms with Crippen LogP contribution >= 0.6 is 11.6 Å². The number of piperidine rings is 1. The van der Waals surface area contributed by atoms with Crippen molar-refractivity contribution in [3.05, 3.63) is 81.1 Å². The molecule has 2 saturated heterocycles. The molecule has 0 spiro atoms. The van der Waals surface area contributed by atoms with Gasteiger partial charge in [-0.1, -0.05) is 23.4 Å². The quantitative estimate of drug-likeness (QED) is 0.232. The Morgan fingerprint density at radius 3 is 2.57 bits per heavy atom. The number of hydrogen-bond acceptors (Lipinski definition) is 7. The van der Waals surface area contributed by atoms with E-state index in [0.717, 1.165) is 30.3 Å². The number of aryl methyl sites for hydroxylation is 1. The van der Waals surface area contributed by atoms with Gasteiger partial charge in [0.2, 0.25) is 11.8 Å². The van der Waals surface area contributed by atoms with Gasteiger partial charge < -0.3 is 10.2 Å². The number of alkyl halides is 3. The molecule has 7 rings (SSSR count). The zero-order valence-electron chi connectivity index (χ0n) is 26.1. The first-order chi connectivity index (χ1) is 23.3. The summed E-state index contributed by atoms with van der Waals surface area (Å²) in [5.41, 5.74) is -0.109. The lowest BCUT2D eigenvalue weighted by atomic mass is 9.76. The van der Waals surface area contributed by atoms with Crippen LogP contribution in [-0.4, -0.2) is 50.1 Å². The molecule has 4 heterocycles. The fourth-order valence-corrected chi connectivity index (χ4v) is 6.71. The normalized spacial score (nSPS) is 19.0. The number of rotatable bonds is 5. The van der Waals surface area contributed by atoms with E-state index in [4.69, 9.17) is 11.6 Å². The molecule has 11 nitrogen and oxygen atoms in total. The summed E-state index contributed by atoms with van der Waals surface area (Å²) in [5.74, 6) is 5.58. The molecular weight excluding hydrogens is 663 g/mol. The summed E-state index contributed by atoms with van der Waals surface area (Å²) in [4.78, 5) is 57.4. The van der Waals surface area contributed by atoms with Gasteiger partial charge in [0.05, 0.1) is 44.9 Å². The highest BCUT2D eigenvalue weighted by Crippen LogP contribution is 2.41. The number of nitrogens with zero attached hydrogens (tertiary/aromatic N) is 5. The molecule has 1 saturated carbocycles. The van der Waals surface area contributed by atoms with Crippen molar-refractivity contribution in [2.45, 2.75) is 56.8 Å². The lowest BCUT2D eigenvalue weighted by molar-refractivity contribution is -0.138. The number of anilines is 2. The number of aromatic nitrogens is 4. The van der Waals surface area contributed by atoms with Crippen LogP contribution in [0.4, 0.5) is 24.5 Å². The van der Waals surface area contributed by atoms with Crippen molar-refractivity contribution < 1.29 is 27.6 Å². The summed E-state index contributed by atoms with van der Waals surface area (Å²) < 4.78 is 42.0. The third-order valence-electron chi connectivity index (χ3n) is 9.42. The first kappa shape index (κ1) is 32.4. The molecule has 4 aromatic rings. The maximum Gasteiger partial charge on any atom is 0.416 e. The summed E-state index contributed by atoms with van der Waals surface area (Å²) in [6.45, 7) is 2.97. The van der Waals surface area contributed by atoms with Crippen LogP contribution in [0.1, 0.15) is 55.1 Å². The second kappa shape index (κ2) is 12.1. The monoisotopic (exact) mass is 691 g/mol. The number of halogens is 4. The van der Waals surface area contributed by atoms with Crippen LogP contribution in [0.3, 0.4) is 0 Å². The average Bonchev–Trinajstić information content (AvgIpc) is 3.46. The summed E-state index contributed by atoms with van der Waals surface area (Å²) in [6.07, 6.45) is 0.938. The van der Waals surface area contributed by atoms with Gasteiger partial charge in [0.1, 0.15) is 17.4 Å². The topological polar surface area (TPSA) is 131 Å². The van der Waals surface area contributed by atoms with Crippen LogP contribution in [-0.2, 0) is 26.1 Å². The number of carbonyl (C=O) groups excluding carboxylic acids is 3. The van der Waals surface area contributed by atoms with Gasteiger partial charge in [-0.15, -0.1) is 0 Å². The molecule has 2 aliphatic heterocycles. The van der Waals surface area contributed by atoms with E-state index in [9.17, 15) is 32.3 Å². The molecule has 1 unspecified atom stereocenters. The van der Waals surface area contributed by atoms with E-state index in [0.29, 0.717) is 48.2 Å². The van der Waals surface area contributed by atoms with E-state index >= 15 is 0 Å². The molecule has 1 aliphatic carbocycles. The van der Waals surface area contributed by atoms with Gasteiger partial charge in [-0.05, 0) is 69.0 Å². The third kappa shape index (κ3) is 5.92. The van der Waals surface area contributed by atoms with Gasteiger partial charge in [-0.25, -0.2) is 4.98 Å². The molecule has 3 amide bonds.